The average molecular weight is 447 g/mol. The molecule has 1 N–H and O–H groups in total. The highest BCUT2D eigenvalue weighted by Gasteiger charge is 2.38. The van der Waals surface area contributed by atoms with Crippen molar-refractivity contribution < 1.29 is 28.7 Å². The molecule has 174 valence electrons. The van der Waals surface area contributed by atoms with Crippen molar-refractivity contribution in [1.29, 1.82) is 0 Å². The van der Waals surface area contributed by atoms with Gasteiger partial charge in [-0.25, -0.2) is 9.59 Å². The molecule has 9 nitrogen and oxygen atoms in total. The number of nitro groups is 1. The van der Waals surface area contributed by atoms with Crippen LogP contribution in [0.2, 0.25) is 0 Å². The zero-order valence-electron chi connectivity index (χ0n) is 19.1. The molecule has 0 bridgehead atoms. The van der Waals surface area contributed by atoms with Gasteiger partial charge in [0.2, 0.25) is 0 Å². The first kappa shape index (κ1) is 25.1. The number of non-ortho nitro benzene ring substituents is 1. The third-order valence-electron chi connectivity index (χ3n) is 4.77. The fourth-order valence-electron chi connectivity index (χ4n) is 3.48. The van der Waals surface area contributed by atoms with Crippen LogP contribution < -0.4 is 5.32 Å². The first-order valence-corrected chi connectivity index (χ1v) is 10.6. The van der Waals surface area contributed by atoms with Gasteiger partial charge in [-0.05, 0) is 39.7 Å². The molecule has 0 saturated carbocycles. The van der Waals surface area contributed by atoms with Crippen molar-refractivity contribution in [3.8, 4) is 0 Å². The van der Waals surface area contributed by atoms with Gasteiger partial charge >= 0.3 is 11.9 Å². The van der Waals surface area contributed by atoms with Crippen LogP contribution in [0, 0.1) is 10.1 Å². The van der Waals surface area contributed by atoms with Gasteiger partial charge in [0.05, 0.1) is 34.7 Å². The smallest absolute Gasteiger partial charge is 0.337 e. The van der Waals surface area contributed by atoms with Crippen molar-refractivity contribution >= 4 is 17.6 Å². The summed E-state index contributed by atoms with van der Waals surface area (Å²) in [6, 6.07) is 5.88. The minimum absolute atomic E-state index is 0.0474. The third kappa shape index (κ3) is 6.16. The predicted octanol–water partition coefficient (Wildman–Crippen LogP) is 3.75. The van der Waals surface area contributed by atoms with Crippen LogP contribution in [-0.2, 0) is 23.8 Å². The molecule has 0 aromatic heterocycles. The first-order chi connectivity index (χ1) is 15.2. The number of hydrogen-bond donors (Lipinski definition) is 1. The van der Waals surface area contributed by atoms with E-state index in [2.05, 4.69) is 5.32 Å². The van der Waals surface area contributed by atoms with E-state index in [0.717, 1.165) is 6.42 Å². The summed E-state index contributed by atoms with van der Waals surface area (Å²) < 4.78 is 16.2. The van der Waals surface area contributed by atoms with Crippen LogP contribution >= 0.6 is 0 Å². The van der Waals surface area contributed by atoms with Gasteiger partial charge in [0, 0.05) is 30.1 Å². The molecule has 0 aliphatic carbocycles. The van der Waals surface area contributed by atoms with Crippen LogP contribution in [0.1, 0.15) is 52.5 Å². The number of carbonyl (C=O) groups excluding carboxylic acids is 2. The number of hydrogen-bond acceptors (Lipinski definition) is 8. The summed E-state index contributed by atoms with van der Waals surface area (Å²) in [5.74, 6) is -2.12. The van der Waals surface area contributed by atoms with Crippen molar-refractivity contribution in [2.45, 2.75) is 53.1 Å². The summed E-state index contributed by atoms with van der Waals surface area (Å²) in [4.78, 5) is 36.9. The molecule has 0 amide bonds. The van der Waals surface area contributed by atoms with E-state index in [1.165, 1.54) is 18.2 Å². The van der Waals surface area contributed by atoms with Gasteiger partial charge in [0.25, 0.3) is 5.69 Å². The summed E-state index contributed by atoms with van der Waals surface area (Å²) in [7, 11) is 0. The lowest BCUT2D eigenvalue weighted by Crippen LogP contribution is -2.33. The number of ether oxygens (including phenoxy) is 3. The molecule has 0 spiro atoms. The lowest BCUT2D eigenvalue weighted by molar-refractivity contribution is -0.384. The van der Waals surface area contributed by atoms with E-state index in [1.54, 1.807) is 33.8 Å². The number of allylic oxidation sites excluding steroid dienone is 2. The number of nitrogens with zero attached hydrogens (tertiary/aromatic N) is 1. The maximum atomic E-state index is 13.1. The Morgan fingerprint density at radius 3 is 2.34 bits per heavy atom. The van der Waals surface area contributed by atoms with E-state index in [9.17, 15) is 19.7 Å². The molecule has 2 rings (SSSR count). The molecule has 1 aliphatic heterocycles. The molecule has 0 saturated heterocycles. The number of dihydropyridines is 1. The fraction of sp³-hybridized carbons (Fsp3) is 0.478. The molecular formula is C23H30N2O7. The summed E-state index contributed by atoms with van der Waals surface area (Å²) in [6.07, 6.45) is 0.467. The molecule has 1 aromatic carbocycles. The quantitative estimate of drug-likeness (QED) is 0.250. The minimum Gasteiger partial charge on any atom is -0.460 e. The summed E-state index contributed by atoms with van der Waals surface area (Å²) in [6.45, 7) is 9.67. The van der Waals surface area contributed by atoms with Crippen molar-refractivity contribution in [2.75, 3.05) is 19.8 Å². The van der Waals surface area contributed by atoms with Crippen molar-refractivity contribution in [2.24, 2.45) is 0 Å². The second kappa shape index (κ2) is 11.4. The maximum absolute atomic E-state index is 13.1. The minimum atomic E-state index is -0.883. The summed E-state index contributed by atoms with van der Waals surface area (Å²) in [5.41, 5.74) is 1.69. The molecule has 1 heterocycles. The number of nitro benzene ring substituents is 1. The molecular weight excluding hydrogens is 416 g/mol. The topological polar surface area (TPSA) is 117 Å². The largest absolute Gasteiger partial charge is 0.460 e. The number of nitrogens with one attached hydrogen (secondary N) is 1. The SMILES string of the molecule is CCCOCCOC(=O)C1=C(C)NC(C)=C(C(=O)OC(C)C)C1c1cccc([N+](=O)[O-])c1. The number of rotatable bonds is 10. The molecule has 1 unspecified atom stereocenters. The van der Waals surface area contributed by atoms with Gasteiger partial charge in [-0.2, -0.15) is 0 Å². The van der Waals surface area contributed by atoms with Gasteiger partial charge in [-0.15, -0.1) is 0 Å². The van der Waals surface area contributed by atoms with Gasteiger partial charge in [0.1, 0.15) is 6.61 Å². The average Bonchev–Trinajstić information content (AvgIpc) is 2.72. The second-order valence-electron chi connectivity index (χ2n) is 7.69. The van der Waals surface area contributed by atoms with Gasteiger partial charge < -0.3 is 19.5 Å². The van der Waals surface area contributed by atoms with E-state index >= 15 is 0 Å². The highest BCUT2D eigenvalue weighted by atomic mass is 16.6. The summed E-state index contributed by atoms with van der Waals surface area (Å²) in [5, 5.41) is 14.4. The van der Waals surface area contributed by atoms with Crippen LogP contribution in [-0.4, -0.2) is 42.8 Å². The van der Waals surface area contributed by atoms with E-state index in [4.69, 9.17) is 14.2 Å². The molecule has 1 aromatic rings. The van der Waals surface area contributed by atoms with E-state index in [1.807, 2.05) is 6.92 Å². The first-order valence-electron chi connectivity index (χ1n) is 10.6. The molecule has 0 radical (unpaired) electrons. The van der Waals surface area contributed by atoms with Crippen molar-refractivity contribution in [3.63, 3.8) is 0 Å². The van der Waals surface area contributed by atoms with Crippen LogP contribution in [0.5, 0.6) is 0 Å². The van der Waals surface area contributed by atoms with Crippen LogP contribution in [0.4, 0.5) is 5.69 Å². The Hall–Kier alpha value is -3.20. The summed E-state index contributed by atoms with van der Waals surface area (Å²) >= 11 is 0. The Morgan fingerprint density at radius 1 is 1.09 bits per heavy atom. The highest BCUT2D eigenvalue weighted by molar-refractivity contribution is 6.00. The van der Waals surface area contributed by atoms with Crippen molar-refractivity contribution in [1.82, 2.24) is 5.32 Å². The predicted molar refractivity (Wildman–Crippen MR) is 118 cm³/mol. The lowest BCUT2D eigenvalue weighted by atomic mass is 9.80. The third-order valence-corrected chi connectivity index (χ3v) is 4.77. The second-order valence-corrected chi connectivity index (χ2v) is 7.69. The number of carbonyl (C=O) groups is 2. The lowest BCUT2D eigenvalue weighted by Gasteiger charge is -2.30. The number of esters is 2. The van der Waals surface area contributed by atoms with E-state index in [-0.39, 0.29) is 36.2 Å². The van der Waals surface area contributed by atoms with Gasteiger partial charge in [-0.1, -0.05) is 19.1 Å². The Morgan fingerprint density at radius 2 is 1.75 bits per heavy atom. The Bertz CT molecular complexity index is 934. The zero-order chi connectivity index (χ0) is 23.8. The zero-order valence-corrected chi connectivity index (χ0v) is 19.1. The van der Waals surface area contributed by atoms with E-state index < -0.39 is 22.8 Å². The molecule has 0 fully saturated rings. The monoisotopic (exact) mass is 446 g/mol. The Labute approximate surface area is 187 Å². The van der Waals surface area contributed by atoms with Crippen LogP contribution in [0.25, 0.3) is 0 Å². The number of benzene rings is 1. The fourth-order valence-corrected chi connectivity index (χ4v) is 3.48. The molecule has 1 atom stereocenters. The van der Waals surface area contributed by atoms with Crippen LogP contribution in [0.15, 0.2) is 46.8 Å². The van der Waals surface area contributed by atoms with Crippen molar-refractivity contribution in [3.05, 3.63) is 62.5 Å². The Kier molecular flexibility index (Phi) is 8.95. The van der Waals surface area contributed by atoms with Crippen LogP contribution in [0.3, 0.4) is 0 Å². The molecule has 32 heavy (non-hydrogen) atoms. The molecule has 1 aliphatic rings. The normalized spacial score (nSPS) is 16.1. The van der Waals surface area contributed by atoms with E-state index in [0.29, 0.717) is 23.6 Å². The Balaban J connectivity index is 2.49. The maximum Gasteiger partial charge on any atom is 0.337 e. The van der Waals surface area contributed by atoms with Gasteiger partial charge in [0.15, 0.2) is 0 Å². The van der Waals surface area contributed by atoms with Gasteiger partial charge in [-0.3, -0.25) is 10.1 Å². The highest BCUT2D eigenvalue weighted by Crippen LogP contribution is 2.40. The standard InChI is InChI=1S/C23H30N2O7/c1-6-10-30-11-12-31-22(26)19-15(4)24-16(5)20(23(27)32-14(2)3)21(19)17-8-7-9-18(13-17)25(28)29/h7-9,13-14,21,24H,6,10-12H2,1-5H3. The molecule has 9 heteroatoms.